The van der Waals surface area contributed by atoms with Crippen LogP contribution in [0.5, 0.6) is 0 Å². The molecule has 2 heterocycles. The maximum atomic E-state index is 13.1. The molecule has 1 aliphatic heterocycles. The zero-order valence-corrected chi connectivity index (χ0v) is 11.9. The summed E-state index contributed by atoms with van der Waals surface area (Å²) >= 11 is 0. The molecule has 2 aromatic rings. The second kappa shape index (κ2) is 5.06. The highest BCUT2D eigenvalue weighted by Gasteiger charge is 2.32. The second-order valence-corrected chi connectivity index (χ2v) is 7.45. The van der Waals surface area contributed by atoms with Gasteiger partial charge in [0.05, 0.1) is 17.5 Å². The van der Waals surface area contributed by atoms with Crippen molar-refractivity contribution in [2.24, 2.45) is 0 Å². The van der Waals surface area contributed by atoms with Gasteiger partial charge in [-0.1, -0.05) is 0 Å². The molecule has 7 nitrogen and oxygen atoms in total. The Hall–Kier alpha value is -2.03. The standard InChI is InChI=1S/C12H14FN5O2S/c13-8-3-4-10(11(14)6-8)12-15-16-17-18(12)7-9-2-1-5-21(9,19)20/h3-4,6,9H,1-2,5,7,14H2. The monoisotopic (exact) mass is 311 g/mol. The molecule has 1 aliphatic rings. The first-order valence-corrected chi connectivity index (χ1v) is 8.22. The smallest absolute Gasteiger partial charge is 0.184 e. The number of halogens is 1. The van der Waals surface area contributed by atoms with Gasteiger partial charge >= 0.3 is 0 Å². The Balaban J connectivity index is 1.94. The summed E-state index contributed by atoms with van der Waals surface area (Å²) in [7, 11) is -3.09. The molecule has 1 saturated heterocycles. The molecule has 1 atom stereocenters. The van der Waals surface area contributed by atoms with Crippen LogP contribution in [0, 0.1) is 5.82 Å². The van der Waals surface area contributed by atoms with Gasteiger partial charge in [-0.05, 0) is 41.5 Å². The van der Waals surface area contributed by atoms with Crippen LogP contribution in [0.2, 0.25) is 0 Å². The first kappa shape index (κ1) is 13.9. The van der Waals surface area contributed by atoms with Crippen molar-refractivity contribution in [3.05, 3.63) is 24.0 Å². The largest absolute Gasteiger partial charge is 0.398 e. The Labute approximate surface area is 120 Å². The Morgan fingerprint density at radius 3 is 2.90 bits per heavy atom. The van der Waals surface area contributed by atoms with Crippen molar-refractivity contribution in [1.29, 1.82) is 0 Å². The quantitative estimate of drug-likeness (QED) is 0.834. The predicted molar refractivity (Wildman–Crippen MR) is 74.4 cm³/mol. The number of hydrogen-bond acceptors (Lipinski definition) is 6. The van der Waals surface area contributed by atoms with Gasteiger partial charge in [0.15, 0.2) is 15.7 Å². The van der Waals surface area contributed by atoms with Crippen LogP contribution in [0.4, 0.5) is 10.1 Å². The van der Waals surface area contributed by atoms with E-state index in [4.69, 9.17) is 5.73 Å². The lowest BCUT2D eigenvalue weighted by Crippen LogP contribution is -2.23. The summed E-state index contributed by atoms with van der Waals surface area (Å²) in [5.74, 6) is 0.0941. The van der Waals surface area contributed by atoms with Gasteiger partial charge < -0.3 is 5.73 Å². The number of anilines is 1. The Bertz CT molecular complexity index is 774. The molecule has 1 unspecified atom stereocenters. The SMILES string of the molecule is Nc1cc(F)ccc1-c1nnnn1CC1CCCS1(=O)=O. The lowest BCUT2D eigenvalue weighted by molar-refractivity contribution is 0.534. The van der Waals surface area contributed by atoms with Crippen LogP contribution in [0.1, 0.15) is 12.8 Å². The average Bonchev–Trinajstić information content (AvgIpc) is 2.98. The first-order valence-electron chi connectivity index (χ1n) is 6.50. The average molecular weight is 311 g/mol. The number of nitrogen functional groups attached to an aromatic ring is 1. The minimum Gasteiger partial charge on any atom is -0.398 e. The fourth-order valence-corrected chi connectivity index (χ4v) is 4.31. The van der Waals surface area contributed by atoms with Crippen LogP contribution in [0.25, 0.3) is 11.4 Å². The number of nitrogens with two attached hydrogens (primary N) is 1. The van der Waals surface area contributed by atoms with Crippen molar-refractivity contribution in [3.63, 3.8) is 0 Å². The van der Waals surface area contributed by atoms with Crippen molar-refractivity contribution in [2.75, 3.05) is 11.5 Å². The van der Waals surface area contributed by atoms with Gasteiger partial charge in [-0.2, -0.15) is 0 Å². The Morgan fingerprint density at radius 2 is 2.24 bits per heavy atom. The molecule has 0 bridgehead atoms. The summed E-state index contributed by atoms with van der Waals surface area (Å²) < 4.78 is 38.3. The number of benzene rings is 1. The van der Waals surface area contributed by atoms with Crippen LogP contribution in [0.15, 0.2) is 18.2 Å². The van der Waals surface area contributed by atoms with Crippen LogP contribution in [-0.4, -0.2) is 39.6 Å². The third kappa shape index (κ3) is 2.60. The summed E-state index contributed by atoms with van der Waals surface area (Å²) in [6, 6.07) is 3.92. The summed E-state index contributed by atoms with van der Waals surface area (Å²) in [6.45, 7) is 0.182. The molecule has 21 heavy (non-hydrogen) atoms. The summed E-state index contributed by atoms with van der Waals surface area (Å²) in [5.41, 5.74) is 6.47. The predicted octanol–water partition coefficient (Wildman–Crippen LogP) is 0.639. The fourth-order valence-electron chi connectivity index (χ4n) is 2.51. The van der Waals surface area contributed by atoms with Crippen LogP contribution in [0.3, 0.4) is 0 Å². The molecule has 2 N–H and O–H groups in total. The van der Waals surface area contributed by atoms with Crippen LogP contribution in [-0.2, 0) is 16.4 Å². The Morgan fingerprint density at radius 1 is 1.43 bits per heavy atom. The zero-order chi connectivity index (χ0) is 15.0. The van der Waals surface area contributed by atoms with Crippen LogP contribution < -0.4 is 5.73 Å². The first-order chi connectivity index (χ1) is 9.97. The summed E-state index contributed by atoms with van der Waals surface area (Å²) in [4.78, 5) is 0. The minimum absolute atomic E-state index is 0.182. The van der Waals surface area contributed by atoms with Gasteiger partial charge in [0, 0.05) is 11.3 Å². The maximum Gasteiger partial charge on any atom is 0.184 e. The number of tetrazole rings is 1. The van der Waals surface area contributed by atoms with Crippen molar-refractivity contribution in [1.82, 2.24) is 20.2 Å². The number of hydrogen-bond donors (Lipinski definition) is 1. The van der Waals surface area contributed by atoms with E-state index in [0.29, 0.717) is 24.2 Å². The maximum absolute atomic E-state index is 13.1. The molecule has 0 aliphatic carbocycles. The van der Waals surface area contributed by atoms with Crippen molar-refractivity contribution in [2.45, 2.75) is 24.6 Å². The lowest BCUT2D eigenvalue weighted by atomic mass is 10.1. The molecule has 3 rings (SSSR count). The van der Waals surface area contributed by atoms with Crippen LogP contribution >= 0.6 is 0 Å². The zero-order valence-electron chi connectivity index (χ0n) is 11.1. The number of aromatic nitrogens is 4. The van der Waals surface area contributed by atoms with Crippen molar-refractivity contribution in [3.8, 4) is 11.4 Å². The third-order valence-electron chi connectivity index (χ3n) is 3.63. The third-order valence-corrected chi connectivity index (χ3v) is 5.88. The molecule has 9 heteroatoms. The van der Waals surface area contributed by atoms with E-state index in [9.17, 15) is 12.8 Å². The molecule has 112 valence electrons. The molecular formula is C12H14FN5O2S. The number of sulfone groups is 1. The summed E-state index contributed by atoms with van der Waals surface area (Å²) in [5, 5.41) is 10.8. The fraction of sp³-hybridized carbons (Fsp3) is 0.417. The highest BCUT2D eigenvalue weighted by Crippen LogP contribution is 2.26. The van der Waals surface area contributed by atoms with Crippen molar-refractivity contribution < 1.29 is 12.8 Å². The minimum atomic E-state index is -3.09. The number of rotatable bonds is 3. The molecule has 1 fully saturated rings. The normalized spacial score (nSPS) is 20.7. The molecule has 0 amide bonds. The van der Waals surface area contributed by atoms with Crippen molar-refractivity contribution >= 4 is 15.5 Å². The van der Waals surface area contributed by atoms with Gasteiger partial charge in [-0.3, -0.25) is 0 Å². The van der Waals surface area contributed by atoms with Gasteiger partial charge in [0.2, 0.25) is 0 Å². The highest BCUT2D eigenvalue weighted by molar-refractivity contribution is 7.92. The molecule has 0 saturated carbocycles. The van der Waals surface area contributed by atoms with Gasteiger partial charge in [0.25, 0.3) is 0 Å². The van der Waals surface area contributed by atoms with E-state index in [-0.39, 0.29) is 18.0 Å². The van der Waals surface area contributed by atoms with E-state index < -0.39 is 20.9 Å². The number of nitrogens with zero attached hydrogens (tertiary/aromatic N) is 4. The lowest BCUT2D eigenvalue weighted by Gasteiger charge is -2.11. The van der Waals surface area contributed by atoms with E-state index in [2.05, 4.69) is 15.5 Å². The Kier molecular flexibility index (Phi) is 3.36. The van der Waals surface area contributed by atoms with E-state index >= 15 is 0 Å². The molecule has 1 aromatic carbocycles. The summed E-state index contributed by atoms with van der Waals surface area (Å²) in [6.07, 6.45) is 1.25. The highest BCUT2D eigenvalue weighted by atomic mass is 32.2. The van der Waals surface area contributed by atoms with E-state index in [1.54, 1.807) is 0 Å². The van der Waals surface area contributed by atoms with Gasteiger partial charge in [0.1, 0.15) is 5.82 Å². The van der Waals surface area contributed by atoms with E-state index in [0.717, 1.165) is 0 Å². The van der Waals surface area contributed by atoms with Gasteiger partial charge in [-0.25, -0.2) is 17.5 Å². The molecule has 1 aromatic heterocycles. The van der Waals surface area contributed by atoms with E-state index in [1.807, 2.05) is 0 Å². The molecule has 0 spiro atoms. The molecule has 0 radical (unpaired) electrons. The topological polar surface area (TPSA) is 104 Å². The van der Waals surface area contributed by atoms with E-state index in [1.165, 1.54) is 22.9 Å². The molecular weight excluding hydrogens is 297 g/mol. The second-order valence-electron chi connectivity index (χ2n) is 5.05. The van der Waals surface area contributed by atoms with Gasteiger partial charge in [-0.15, -0.1) is 5.10 Å².